The number of ketones is 1. The van der Waals surface area contributed by atoms with Gasteiger partial charge in [0.25, 0.3) is 0 Å². The second kappa shape index (κ2) is 5.46. The number of Topliss-reactive ketones (excluding diaryl/α,β-unsaturated/α-hetero) is 1. The van der Waals surface area contributed by atoms with Crippen molar-refractivity contribution in [2.75, 3.05) is 33.4 Å². The minimum Gasteiger partial charge on any atom is -0.388 e. The molecule has 0 bridgehead atoms. The molecule has 1 fully saturated rings. The van der Waals surface area contributed by atoms with Crippen molar-refractivity contribution in [3.05, 3.63) is 0 Å². The van der Waals surface area contributed by atoms with Crippen LogP contribution in [-0.4, -0.2) is 54.7 Å². The normalized spacial score (nSPS) is 20.6. The molecule has 0 aliphatic carbocycles. The number of aliphatic hydroxyl groups is 1. The van der Waals surface area contributed by atoms with Gasteiger partial charge in [-0.25, -0.2) is 0 Å². The zero-order valence-corrected chi connectivity index (χ0v) is 11.5. The maximum absolute atomic E-state index is 11.9. The number of hydrogen-bond acceptors (Lipinski definition) is 4. The predicted octanol–water partition coefficient (Wildman–Crippen LogP) is 1.07. The number of nitrogens with zero attached hydrogens (tertiary/aromatic N) is 1. The smallest absolute Gasteiger partial charge is 0.152 e. The van der Waals surface area contributed by atoms with Crippen LogP contribution >= 0.6 is 0 Å². The quantitative estimate of drug-likeness (QED) is 0.802. The molecule has 0 aromatic carbocycles. The molecule has 1 saturated heterocycles. The first-order valence-electron chi connectivity index (χ1n) is 6.25. The number of hydrogen-bond donors (Lipinski definition) is 1. The first kappa shape index (κ1) is 14.6. The largest absolute Gasteiger partial charge is 0.388 e. The van der Waals surface area contributed by atoms with Crippen molar-refractivity contribution >= 4 is 5.78 Å². The Morgan fingerprint density at radius 1 is 1.35 bits per heavy atom. The van der Waals surface area contributed by atoms with Gasteiger partial charge in [-0.15, -0.1) is 0 Å². The van der Waals surface area contributed by atoms with Crippen LogP contribution in [0.2, 0.25) is 0 Å². The third-order valence-electron chi connectivity index (χ3n) is 3.24. The van der Waals surface area contributed by atoms with Crippen LogP contribution in [0.3, 0.4) is 0 Å². The Morgan fingerprint density at radius 3 is 2.35 bits per heavy atom. The molecule has 0 spiro atoms. The van der Waals surface area contributed by atoms with Crippen LogP contribution < -0.4 is 0 Å². The SMILES string of the molecule is CN(CC(=O)C(C)(C)C)CC1(O)CCOCC1. The molecule has 1 rings (SSSR count). The van der Waals surface area contributed by atoms with Gasteiger partial charge in [-0.2, -0.15) is 0 Å². The van der Waals surface area contributed by atoms with Crippen LogP contribution in [-0.2, 0) is 9.53 Å². The lowest BCUT2D eigenvalue weighted by Crippen LogP contribution is -2.47. The van der Waals surface area contributed by atoms with Crippen molar-refractivity contribution in [3.8, 4) is 0 Å². The zero-order chi connectivity index (χ0) is 13.1. The summed E-state index contributed by atoms with van der Waals surface area (Å²) in [5.41, 5.74) is -1.00. The average molecular weight is 243 g/mol. The van der Waals surface area contributed by atoms with Crippen molar-refractivity contribution in [2.45, 2.75) is 39.2 Å². The highest BCUT2D eigenvalue weighted by molar-refractivity contribution is 5.85. The summed E-state index contributed by atoms with van der Waals surface area (Å²) >= 11 is 0. The molecule has 0 saturated carbocycles. The third-order valence-corrected chi connectivity index (χ3v) is 3.24. The molecule has 1 aliphatic rings. The van der Waals surface area contributed by atoms with Gasteiger partial charge in [0.15, 0.2) is 5.78 Å². The maximum atomic E-state index is 11.9. The molecule has 1 heterocycles. The van der Waals surface area contributed by atoms with Crippen molar-refractivity contribution in [1.29, 1.82) is 0 Å². The van der Waals surface area contributed by atoms with E-state index in [9.17, 15) is 9.90 Å². The van der Waals surface area contributed by atoms with E-state index in [1.165, 1.54) is 0 Å². The van der Waals surface area contributed by atoms with E-state index in [1.54, 1.807) is 0 Å². The first-order chi connectivity index (χ1) is 7.73. The van der Waals surface area contributed by atoms with Crippen LogP contribution in [0.25, 0.3) is 0 Å². The minimum atomic E-state index is -0.689. The van der Waals surface area contributed by atoms with Crippen LogP contribution in [0.15, 0.2) is 0 Å². The second-order valence-corrected chi connectivity index (χ2v) is 6.18. The van der Waals surface area contributed by atoms with Crippen molar-refractivity contribution in [1.82, 2.24) is 4.90 Å². The number of carbonyl (C=O) groups is 1. The summed E-state index contributed by atoms with van der Waals surface area (Å²) in [7, 11) is 1.89. The summed E-state index contributed by atoms with van der Waals surface area (Å²) in [5.74, 6) is 0.204. The van der Waals surface area contributed by atoms with Crippen molar-refractivity contribution in [2.24, 2.45) is 5.41 Å². The minimum absolute atomic E-state index is 0.204. The van der Waals surface area contributed by atoms with Crippen LogP contribution in [0.1, 0.15) is 33.6 Å². The van der Waals surface area contributed by atoms with Gasteiger partial charge in [0.05, 0.1) is 12.1 Å². The van der Waals surface area contributed by atoms with Crippen molar-refractivity contribution in [3.63, 3.8) is 0 Å². The number of ether oxygens (including phenoxy) is 1. The highest BCUT2D eigenvalue weighted by Gasteiger charge is 2.32. The van der Waals surface area contributed by atoms with E-state index >= 15 is 0 Å². The van der Waals surface area contributed by atoms with E-state index in [1.807, 2.05) is 32.7 Å². The Hall–Kier alpha value is -0.450. The monoisotopic (exact) mass is 243 g/mol. The van der Waals surface area contributed by atoms with Gasteiger partial charge in [-0.3, -0.25) is 9.69 Å². The Bertz CT molecular complexity index is 264. The molecule has 0 unspecified atom stereocenters. The van der Waals surface area contributed by atoms with E-state index in [2.05, 4.69) is 0 Å². The third kappa shape index (κ3) is 4.74. The average Bonchev–Trinajstić information content (AvgIpc) is 2.15. The number of carbonyl (C=O) groups excluding carboxylic acids is 1. The standard InChI is InChI=1S/C13H25NO3/c1-12(2,3)11(15)9-14(4)10-13(16)5-7-17-8-6-13/h16H,5-10H2,1-4H3. The van der Waals surface area contributed by atoms with E-state index in [-0.39, 0.29) is 11.2 Å². The Balaban J connectivity index is 2.43. The molecule has 0 atom stereocenters. The second-order valence-electron chi connectivity index (χ2n) is 6.18. The molecule has 0 amide bonds. The summed E-state index contributed by atoms with van der Waals surface area (Å²) < 4.78 is 5.24. The van der Waals surface area contributed by atoms with E-state index in [4.69, 9.17) is 4.74 Å². The Kier molecular flexibility index (Phi) is 4.69. The molecule has 0 aromatic rings. The van der Waals surface area contributed by atoms with Gasteiger partial charge in [0, 0.05) is 38.0 Å². The molecule has 17 heavy (non-hydrogen) atoms. The zero-order valence-electron chi connectivity index (χ0n) is 11.5. The molecule has 0 aromatic heterocycles. The summed E-state index contributed by atoms with van der Waals surface area (Å²) in [4.78, 5) is 13.8. The summed E-state index contributed by atoms with van der Waals surface area (Å²) in [5, 5.41) is 10.3. The van der Waals surface area contributed by atoms with Gasteiger partial charge in [0.1, 0.15) is 0 Å². The molecule has 100 valence electrons. The Morgan fingerprint density at radius 2 is 1.88 bits per heavy atom. The Labute approximate surface area is 104 Å². The van der Waals surface area contributed by atoms with Gasteiger partial charge >= 0.3 is 0 Å². The number of rotatable bonds is 4. The summed E-state index contributed by atoms with van der Waals surface area (Å²) in [6, 6.07) is 0. The van der Waals surface area contributed by atoms with Gasteiger partial charge in [-0.05, 0) is 7.05 Å². The fraction of sp³-hybridized carbons (Fsp3) is 0.923. The van der Waals surface area contributed by atoms with E-state index in [0.29, 0.717) is 39.1 Å². The van der Waals surface area contributed by atoms with Crippen LogP contribution in [0.4, 0.5) is 0 Å². The van der Waals surface area contributed by atoms with Crippen LogP contribution in [0, 0.1) is 5.41 Å². The van der Waals surface area contributed by atoms with Crippen molar-refractivity contribution < 1.29 is 14.6 Å². The molecule has 4 heteroatoms. The lowest BCUT2D eigenvalue weighted by atomic mass is 9.89. The lowest BCUT2D eigenvalue weighted by Gasteiger charge is -2.35. The molecule has 4 nitrogen and oxygen atoms in total. The number of likely N-dealkylation sites (N-methyl/N-ethyl adjacent to an activating group) is 1. The fourth-order valence-corrected chi connectivity index (χ4v) is 1.95. The summed E-state index contributed by atoms with van der Waals surface area (Å²) in [6.07, 6.45) is 1.31. The molecule has 0 radical (unpaired) electrons. The van der Waals surface area contributed by atoms with E-state index < -0.39 is 5.60 Å². The molecule has 1 aliphatic heterocycles. The molecular formula is C13H25NO3. The van der Waals surface area contributed by atoms with Gasteiger partial charge in [-0.1, -0.05) is 20.8 Å². The predicted molar refractivity (Wildman–Crippen MR) is 67.0 cm³/mol. The molecular weight excluding hydrogens is 218 g/mol. The van der Waals surface area contributed by atoms with E-state index in [0.717, 1.165) is 0 Å². The summed E-state index contributed by atoms with van der Waals surface area (Å²) in [6.45, 7) is 7.92. The van der Waals surface area contributed by atoms with Gasteiger partial charge in [0.2, 0.25) is 0 Å². The van der Waals surface area contributed by atoms with Crippen LogP contribution in [0.5, 0.6) is 0 Å². The molecule has 1 N–H and O–H groups in total. The first-order valence-corrected chi connectivity index (χ1v) is 6.25. The fourth-order valence-electron chi connectivity index (χ4n) is 1.95. The maximum Gasteiger partial charge on any atom is 0.152 e. The topological polar surface area (TPSA) is 49.8 Å². The van der Waals surface area contributed by atoms with Gasteiger partial charge < -0.3 is 9.84 Å². The highest BCUT2D eigenvalue weighted by atomic mass is 16.5. The lowest BCUT2D eigenvalue weighted by molar-refractivity contribution is -0.128. The highest BCUT2D eigenvalue weighted by Crippen LogP contribution is 2.22.